The minimum absolute atomic E-state index is 0.0110. The second kappa shape index (κ2) is 10.3. The lowest BCUT2D eigenvalue weighted by atomic mass is 10.1. The molecule has 8 nitrogen and oxygen atoms in total. The van der Waals surface area contributed by atoms with Gasteiger partial charge < -0.3 is 5.32 Å². The quantitative estimate of drug-likeness (QED) is 0.442. The molecular formula is C24H26ClN3O5S2. The summed E-state index contributed by atoms with van der Waals surface area (Å²) < 4.78 is 54.0. The van der Waals surface area contributed by atoms with Crippen LogP contribution >= 0.6 is 11.6 Å². The normalized spacial score (nSPS) is 11.7. The van der Waals surface area contributed by atoms with Crippen LogP contribution in [0.3, 0.4) is 0 Å². The molecule has 2 N–H and O–H groups in total. The molecule has 11 heteroatoms. The van der Waals surface area contributed by atoms with Gasteiger partial charge in [0, 0.05) is 10.7 Å². The van der Waals surface area contributed by atoms with Crippen molar-refractivity contribution in [3.63, 3.8) is 0 Å². The number of carbonyl (C=O) groups excluding carboxylic acids is 1. The Morgan fingerprint density at radius 1 is 0.886 bits per heavy atom. The number of benzene rings is 3. The number of anilines is 3. The molecule has 0 aromatic heterocycles. The Morgan fingerprint density at radius 3 is 2.03 bits per heavy atom. The van der Waals surface area contributed by atoms with Crippen molar-refractivity contribution in [2.75, 3.05) is 27.1 Å². The lowest BCUT2D eigenvalue weighted by molar-refractivity contribution is -0.114. The number of aryl methyl sites for hydroxylation is 2. The van der Waals surface area contributed by atoms with Crippen molar-refractivity contribution in [1.82, 2.24) is 0 Å². The van der Waals surface area contributed by atoms with E-state index in [1.54, 1.807) is 51.1 Å². The molecule has 0 atom stereocenters. The van der Waals surface area contributed by atoms with E-state index in [2.05, 4.69) is 10.0 Å². The van der Waals surface area contributed by atoms with Crippen LogP contribution in [0.2, 0.25) is 5.02 Å². The molecule has 0 saturated heterocycles. The first-order chi connectivity index (χ1) is 16.3. The molecule has 0 bridgehead atoms. The molecule has 3 rings (SSSR count). The second-order valence-electron chi connectivity index (χ2n) is 8.10. The Hall–Kier alpha value is -3.08. The van der Waals surface area contributed by atoms with Gasteiger partial charge in [-0.15, -0.1) is 0 Å². The summed E-state index contributed by atoms with van der Waals surface area (Å²) in [6.07, 6.45) is 1.04. The van der Waals surface area contributed by atoms with E-state index in [-0.39, 0.29) is 4.90 Å². The summed E-state index contributed by atoms with van der Waals surface area (Å²) in [5, 5.41) is 3.06. The summed E-state index contributed by atoms with van der Waals surface area (Å²) in [7, 11) is -7.63. The zero-order chi connectivity index (χ0) is 26.0. The fourth-order valence-electron chi connectivity index (χ4n) is 3.53. The third-order valence-corrected chi connectivity index (χ3v) is 8.24. The summed E-state index contributed by atoms with van der Waals surface area (Å²) in [4.78, 5) is 12.7. The van der Waals surface area contributed by atoms with Crippen molar-refractivity contribution in [2.24, 2.45) is 0 Å². The van der Waals surface area contributed by atoms with Crippen LogP contribution in [0.25, 0.3) is 0 Å². The summed E-state index contributed by atoms with van der Waals surface area (Å²) in [6, 6.07) is 15.8. The molecule has 0 spiro atoms. The van der Waals surface area contributed by atoms with Crippen LogP contribution < -0.4 is 14.3 Å². The minimum Gasteiger partial charge on any atom is -0.325 e. The van der Waals surface area contributed by atoms with Crippen LogP contribution in [0, 0.1) is 20.8 Å². The molecule has 3 aromatic rings. The first-order valence-electron chi connectivity index (χ1n) is 10.5. The summed E-state index contributed by atoms with van der Waals surface area (Å²) >= 11 is 6.06. The van der Waals surface area contributed by atoms with E-state index >= 15 is 0 Å². The SMILES string of the molecule is Cc1cccc(C)c1N(CC(=O)Nc1ccc(S(=O)(=O)Nc2cccc(Cl)c2C)cc1)S(C)(=O)=O. The fraction of sp³-hybridized carbons (Fsp3) is 0.208. The maximum Gasteiger partial charge on any atom is 0.261 e. The number of para-hydroxylation sites is 1. The standard InChI is InChI=1S/C24H26ClN3O5S2/c1-16-7-5-8-17(2)24(16)28(34(4,30)31)15-23(29)26-19-11-13-20(14-12-19)35(32,33)27-22-10-6-9-21(25)18(22)3/h5-14,27H,15H2,1-4H3,(H,26,29). The highest BCUT2D eigenvalue weighted by Gasteiger charge is 2.24. The van der Waals surface area contributed by atoms with E-state index in [4.69, 9.17) is 11.6 Å². The predicted molar refractivity (Wildman–Crippen MR) is 140 cm³/mol. The molecule has 0 saturated carbocycles. The zero-order valence-electron chi connectivity index (χ0n) is 19.7. The molecule has 0 aliphatic rings. The fourth-order valence-corrected chi connectivity index (χ4v) is 5.80. The van der Waals surface area contributed by atoms with Gasteiger partial charge in [0.2, 0.25) is 15.9 Å². The monoisotopic (exact) mass is 535 g/mol. The lowest BCUT2D eigenvalue weighted by Crippen LogP contribution is -2.38. The average Bonchev–Trinajstić information content (AvgIpc) is 2.75. The van der Waals surface area contributed by atoms with Crippen molar-refractivity contribution < 1.29 is 21.6 Å². The smallest absolute Gasteiger partial charge is 0.261 e. The number of nitrogens with zero attached hydrogens (tertiary/aromatic N) is 1. The highest BCUT2D eigenvalue weighted by Crippen LogP contribution is 2.28. The molecule has 0 heterocycles. The first-order valence-corrected chi connectivity index (χ1v) is 14.2. The predicted octanol–water partition coefficient (Wildman–Crippen LogP) is 4.47. The molecule has 0 aliphatic heterocycles. The summed E-state index contributed by atoms with van der Waals surface area (Å²) in [6.45, 7) is 4.82. The summed E-state index contributed by atoms with van der Waals surface area (Å²) in [5.41, 5.74) is 3.18. The Morgan fingerprint density at radius 2 is 1.46 bits per heavy atom. The highest BCUT2D eigenvalue weighted by molar-refractivity contribution is 7.92. The van der Waals surface area contributed by atoms with Gasteiger partial charge in [-0.05, 0) is 73.9 Å². The van der Waals surface area contributed by atoms with Gasteiger partial charge in [-0.25, -0.2) is 16.8 Å². The van der Waals surface area contributed by atoms with Gasteiger partial charge in [-0.2, -0.15) is 0 Å². The van der Waals surface area contributed by atoms with Crippen molar-refractivity contribution in [2.45, 2.75) is 25.7 Å². The molecular weight excluding hydrogens is 510 g/mol. The zero-order valence-corrected chi connectivity index (χ0v) is 22.1. The number of rotatable bonds is 8. The number of hydrogen-bond donors (Lipinski definition) is 2. The van der Waals surface area contributed by atoms with E-state index in [1.165, 1.54) is 24.3 Å². The average molecular weight is 536 g/mol. The topological polar surface area (TPSA) is 113 Å². The van der Waals surface area contributed by atoms with Gasteiger partial charge in [0.15, 0.2) is 0 Å². The molecule has 0 unspecified atom stereocenters. The number of sulfonamides is 2. The van der Waals surface area contributed by atoms with E-state index in [0.29, 0.717) is 27.6 Å². The molecule has 0 aliphatic carbocycles. The number of hydrogen-bond acceptors (Lipinski definition) is 5. The Kier molecular flexibility index (Phi) is 7.78. The van der Waals surface area contributed by atoms with Gasteiger partial charge in [-0.3, -0.25) is 13.8 Å². The van der Waals surface area contributed by atoms with E-state index in [0.717, 1.165) is 21.7 Å². The first kappa shape index (κ1) is 26.5. The van der Waals surface area contributed by atoms with Crippen molar-refractivity contribution in [1.29, 1.82) is 0 Å². The van der Waals surface area contributed by atoms with E-state index in [1.807, 2.05) is 6.07 Å². The molecule has 35 heavy (non-hydrogen) atoms. The molecule has 186 valence electrons. The Bertz CT molecular complexity index is 1450. The molecule has 0 fully saturated rings. The van der Waals surface area contributed by atoms with Gasteiger partial charge in [0.05, 0.1) is 22.5 Å². The maximum atomic E-state index is 12.8. The van der Waals surface area contributed by atoms with Crippen LogP contribution in [0.5, 0.6) is 0 Å². The minimum atomic E-state index is -3.89. The second-order valence-corrected chi connectivity index (χ2v) is 12.1. The maximum absolute atomic E-state index is 12.8. The van der Waals surface area contributed by atoms with Gasteiger partial charge in [0.25, 0.3) is 10.0 Å². The van der Waals surface area contributed by atoms with Crippen LogP contribution in [0.4, 0.5) is 17.1 Å². The number of carbonyl (C=O) groups is 1. The van der Waals surface area contributed by atoms with Crippen LogP contribution in [-0.2, 0) is 24.8 Å². The van der Waals surface area contributed by atoms with Crippen molar-refractivity contribution in [3.05, 3.63) is 82.4 Å². The van der Waals surface area contributed by atoms with Gasteiger partial charge in [-0.1, -0.05) is 35.9 Å². The lowest BCUT2D eigenvalue weighted by Gasteiger charge is -2.25. The largest absolute Gasteiger partial charge is 0.325 e. The van der Waals surface area contributed by atoms with Crippen molar-refractivity contribution in [3.8, 4) is 0 Å². The third kappa shape index (κ3) is 6.33. The van der Waals surface area contributed by atoms with Crippen LogP contribution in [0.15, 0.2) is 65.6 Å². The van der Waals surface area contributed by atoms with E-state index in [9.17, 15) is 21.6 Å². The third-order valence-electron chi connectivity index (χ3n) is 5.34. The van der Waals surface area contributed by atoms with Crippen LogP contribution in [0.1, 0.15) is 16.7 Å². The van der Waals surface area contributed by atoms with Gasteiger partial charge >= 0.3 is 0 Å². The van der Waals surface area contributed by atoms with E-state index < -0.39 is 32.5 Å². The Labute approximate surface area is 211 Å². The number of nitrogens with one attached hydrogen (secondary N) is 2. The van der Waals surface area contributed by atoms with Crippen molar-refractivity contribution >= 4 is 54.6 Å². The molecule has 1 amide bonds. The number of halogens is 1. The van der Waals surface area contributed by atoms with Crippen LogP contribution in [-0.4, -0.2) is 35.5 Å². The molecule has 0 radical (unpaired) electrons. The molecule has 3 aromatic carbocycles. The summed E-state index contributed by atoms with van der Waals surface area (Å²) in [5.74, 6) is -0.568. The number of amides is 1. The van der Waals surface area contributed by atoms with Gasteiger partial charge in [0.1, 0.15) is 6.54 Å². The Balaban J connectivity index is 1.76. The highest BCUT2D eigenvalue weighted by atomic mass is 35.5.